The predicted octanol–water partition coefficient (Wildman–Crippen LogP) is 14.8. The molecule has 0 aliphatic heterocycles. The molecule has 9 aromatic carbocycles. The third kappa shape index (κ3) is 5.73. The summed E-state index contributed by atoms with van der Waals surface area (Å²) in [6.45, 7) is 0. The minimum atomic E-state index is 0.986. The number of fused-ring (bicyclic) bond motifs is 6. The number of hydrogen-bond acceptors (Lipinski definition) is 1. The van der Waals surface area contributed by atoms with Crippen LogP contribution in [0.4, 0.5) is 17.1 Å². The highest BCUT2D eigenvalue weighted by Gasteiger charge is 2.21. The maximum Gasteiger partial charge on any atom is 0.0541 e. The van der Waals surface area contributed by atoms with Gasteiger partial charge in [0.1, 0.15) is 0 Å². The fourth-order valence-corrected chi connectivity index (χ4v) is 8.90. The van der Waals surface area contributed by atoms with E-state index in [2.05, 4.69) is 228 Å². The van der Waals surface area contributed by atoms with Gasteiger partial charge in [0.15, 0.2) is 0 Å². The number of anilines is 3. The molecule has 2 nitrogen and oxygen atoms in total. The Morgan fingerprint density at radius 1 is 0.333 bits per heavy atom. The lowest BCUT2D eigenvalue weighted by Crippen LogP contribution is -2.11. The SMILES string of the molecule is c1ccc(-c2ccc(N(c3ccc(-c4ccc5c(c4)Cc4ccccc4-5)cc3)c3ccccc3-c3ccc4c(c3)c3ccccc3n4-c3ccccc3)cc2)cc1. The van der Waals surface area contributed by atoms with Gasteiger partial charge in [-0.25, -0.2) is 0 Å². The Morgan fingerprint density at radius 2 is 0.877 bits per heavy atom. The summed E-state index contributed by atoms with van der Waals surface area (Å²) in [5.74, 6) is 0. The minimum absolute atomic E-state index is 0.986. The van der Waals surface area contributed by atoms with E-state index in [1.54, 1.807) is 0 Å². The zero-order chi connectivity index (χ0) is 37.7. The van der Waals surface area contributed by atoms with E-state index in [1.165, 1.54) is 77.4 Å². The average Bonchev–Trinajstić information content (AvgIpc) is 3.83. The topological polar surface area (TPSA) is 8.17 Å². The summed E-state index contributed by atoms with van der Waals surface area (Å²) in [6.07, 6.45) is 0.986. The van der Waals surface area contributed by atoms with Crippen LogP contribution in [0.2, 0.25) is 0 Å². The van der Waals surface area contributed by atoms with Gasteiger partial charge in [0, 0.05) is 33.4 Å². The van der Waals surface area contributed by atoms with Gasteiger partial charge >= 0.3 is 0 Å². The zero-order valence-electron chi connectivity index (χ0n) is 31.4. The molecule has 268 valence electrons. The van der Waals surface area contributed by atoms with E-state index in [9.17, 15) is 0 Å². The molecule has 0 saturated heterocycles. The van der Waals surface area contributed by atoms with Gasteiger partial charge in [-0.05, 0) is 117 Å². The van der Waals surface area contributed by atoms with Crippen LogP contribution in [-0.4, -0.2) is 4.57 Å². The monoisotopic (exact) mass is 726 g/mol. The maximum absolute atomic E-state index is 2.41. The van der Waals surface area contributed by atoms with Gasteiger partial charge in [0.25, 0.3) is 0 Å². The summed E-state index contributed by atoms with van der Waals surface area (Å²) in [5, 5.41) is 2.48. The molecule has 1 aliphatic carbocycles. The van der Waals surface area contributed by atoms with Crippen molar-refractivity contribution in [1.29, 1.82) is 0 Å². The number of hydrogen-bond donors (Lipinski definition) is 0. The van der Waals surface area contributed by atoms with E-state index in [4.69, 9.17) is 0 Å². The van der Waals surface area contributed by atoms with E-state index in [0.29, 0.717) is 0 Å². The van der Waals surface area contributed by atoms with E-state index in [0.717, 1.165) is 29.2 Å². The molecular weight excluding hydrogens is 689 g/mol. The Labute approximate surface area is 333 Å². The lowest BCUT2D eigenvalue weighted by atomic mass is 9.98. The van der Waals surface area contributed by atoms with Crippen molar-refractivity contribution in [3.63, 3.8) is 0 Å². The van der Waals surface area contributed by atoms with Crippen LogP contribution in [0.25, 0.3) is 72.0 Å². The minimum Gasteiger partial charge on any atom is -0.310 e. The van der Waals surface area contributed by atoms with Crippen molar-refractivity contribution >= 4 is 38.9 Å². The standard InChI is InChI=1S/C55H38N2/c1-3-13-38(14-4-1)39-23-29-46(30-24-39)56(47-31-25-40(26-32-47)41-27-33-49-44(35-41)36-42-15-7-8-18-48(42)49)53-21-11-9-19-50(53)43-28-34-55-52(37-43)51-20-10-12-22-54(51)57(55)45-16-5-2-6-17-45/h1-35,37H,36H2. The van der Waals surface area contributed by atoms with Crippen molar-refractivity contribution in [2.45, 2.75) is 6.42 Å². The first-order valence-electron chi connectivity index (χ1n) is 19.7. The van der Waals surface area contributed by atoms with Gasteiger partial charge in [-0.2, -0.15) is 0 Å². The van der Waals surface area contributed by atoms with Gasteiger partial charge in [0.05, 0.1) is 16.7 Å². The molecule has 0 radical (unpaired) electrons. The van der Waals surface area contributed by atoms with Gasteiger partial charge in [0.2, 0.25) is 0 Å². The van der Waals surface area contributed by atoms with Crippen LogP contribution in [0, 0.1) is 0 Å². The normalized spacial score (nSPS) is 11.8. The van der Waals surface area contributed by atoms with Crippen molar-refractivity contribution in [3.05, 3.63) is 230 Å². The zero-order valence-corrected chi connectivity index (χ0v) is 31.4. The van der Waals surface area contributed by atoms with Gasteiger partial charge < -0.3 is 9.47 Å². The molecule has 0 spiro atoms. The van der Waals surface area contributed by atoms with Crippen molar-refractivity contribution in [3.8, 4) is 50.2 Å². The number of benzene rings is 9. The van der Waals surface area contributed by atoms with Crippen molar-refractivity contribution in [2.24, 2.45) is 0 Å². The maximum atomic E-state index is 2.41. The second kappa shape index (κ2) is 13.7. The van der Waals surface area contributed by atoms with E-state index in [-0.39, 0.29) is 0 Å². The van der Waals surface area contributed by atoms with E-state index in [1.807, 2.05) is 0 Å². The highest BCUT2D eigenvalue weighted by atomic mass is 15.1. The van der Waals surface area contributed by atoms with Gasteiger partial charge in [-0.1, -0.05) is 158 Å². The van der Waals surface area contributed by atoms with Crippen molar-refractivity contribution in [1.82, 2.24) is 4.57 Å². The lowest BCUT2D eigenvalue weighted by Gasteiger charge is -2.28. The Kier molecular flexibility index (Phi) is 7.93. The van der Waals surface area contributed by atoms with Crippen molar-refractivity contribution in [2.75, 3.05) is 4.90 Å². The van der Waals surface area contributed by atoms with Crippen LogP contribution in [-0.2, 0) is 6.42 Å². The molecule has 1 aliphatic rings. The Hall–Kier alpha value is -7.42. The molecule has 1 aromatic heterocycles. The first-order valence-corrected chi connectivity index (χ1v) is 19.7. The summed E-state index contributed by atoms with van der Waals surface area (Å²) in [5.41, 5.74) is 19.6. The number of aromatic nitrogens is 1. The molecule has 0 bridgehead atoms. The molecule has 0 unspecified atom stereocenters. The van der Waals surface area contributed by atoms with Crippen LogP contribution in [0.5, 0.6) is 0 Å². The first kappa shape index (κ1) is 33.0. The second-order valence-corrected chi connectivity index (χ2v) is 14.9. The smallest absolute Gasteiger partial charge is 0.0541 e. The number of nitrogens with zero attached hydrogens (tertiary/aromatic N) is 2. The van der Waals surface area contributed by atoms with Crippen LogP contribution in [0.1, 0.15) is 11.1 Å². The largest absolute Gasteiger partial charge is 0.310 e. The summed E-state index contributed by atoms with van der Waals surface area (Å²) < 4.78 is 2.38. The van der Waals surface area contributed by atoms with Crippen LogP contribution < -0.4 is 4.90 Å². The summed E-state index contributed by atoms with van der Waals surface area (Å²) >= 11 is 0. The molecule has 0 fully saturated rings. The fourth-order valence-electron chi connectivity index (χ4n) is 8.90. The molecule has 2 heteroatoms. The fraction of sp³-hybridized carbons (Fsp3) is 0.0182. The van der Waals surface area contributed by atoms with Crippen LogP contribution >= 0.6 is 0 Å². The van der Waals surface area contributed by atoms with Crippen molar-refractivity contribution < 1.29 is 0 Å². The van der Waals surface area contributed by atoms with Crippen LogP contribution in [0.3, 0.4) is 0 Å². The number of para-hydroxylation sites is 3. The third-order valence-corrected chi connectivity index (χ3v) is 11.6. The summed E-state index contributed by atoms with van der Waals surface area (Å²) in [6, 6.07) is 79.6. The molecule has 10 aromatic rings. The van der Waals surface area contributed by atoms with E-state index < -0.39 is 0 Å². The second-order valence-electron chi connectivity index (χ2n) is 14.9. The molecule has 0 atom stereocenters. The molecule has 11 rings (SSSR count). The van der Waals surface area contributed by atoms with Gasteiger partial charge in [-0.15, -0.1) is 0 Å². The number of rotatable bonds is 7. The quantitative estimate of drug-likeness (QED) is 0.159. The molecule has 0 amide bonds. The van der Waals surface area contributed by atoms with E-state index >= 15 is 0 Å². The van der Waals surface area contributed by atoms with Crippen LogP contribution in [0.15, 0.2) is 218 Å². The first-order chi connectivity index (χ1) is 28.3. The Bertz CT molecular complexity index is 3070. The highest BCUT2D eigenvalue weighted by Crippen LogP contribution is 2.44. The molecular formula is C55H38N2. The average molecular weight is 727 g/mol. The highest BCUT2D eigenvalue weighted by molar-refractivity contribution is 6.11. The third-order valence-electron chi connectivity index (χ3n) is 11.6. The summed E-state index contributed by atoms with van der Waals surface area (Å²) in [4.78, 5) is 2.41. The predicted molar refractivity (Wildman–Crippen MR) is 240 cm³/mol. The van der Waals surface area contributed by atoms with Gasteiger partial charge in [-0.3, -0.25) is 0 Å². The lowest BCUT2D eigenvalue weighted by molar-refractivity contribution is 1.18. The molecule has 57 heavy (non-hydrogen) atoms. The summed E-state index contributed by atoms with van der Waals surface area (Å²) in [7, 11) is 0. The Balaban J connectivity index is 1.03. The molecule has 0 saturated carbocycles. The molecule has 1 heterocycles. The molecule has 0 N–H and O–H groups in total. The Morgan fingerprint density at radius 3 is 1.65 bits per heavy atom.